The van der Waals surface area contributed by atoms with Gasteiger partial charge in [-0.3, -0.25) is 4.79 Å². The SMILES string of the molecule is CC(C)(C)C(C)(O)C(=O)/C=C(\N)C(F)(F)F. The highest BCUT2D eigenvalue weighted by Crippen LogP contribution is 2.32. The average molecular weight is 239 g/mol. The van der Waals surface area contributed by atoms with E-state index in [1.165, 1.54) is 0 Å². The van der Waals surface area contributed by atoms with Gasteiger partial charge in [0.25, 0.3) is 0 Å². The van der Waals surface area contributed by atoms with Gasteiger partial charge in [0.1, 0.15) is 11.3 Å². The van der Waals surface area contributed by atoms with E-state index < -0.39 is 28.7 Å². The summed E-state index contributed by atoms with van der Waals surface area (Å²) in [7, 11) is 0. The van der Waals surface area contributed by atoms with Crippen LogP contribution in [0.4, 0.5) is 13.2 Å². The normalized spacial score (nSPS) is 18.1. The van der Waals surface area contributed by atoms with Gasteiger partial charge in [0, 0.05) is 6.08 Å². The van der Waals surface area contributed by atoms with Crippen molar-refractivity contribution < 1.29 is 23.1 Å². The third-order valence-corrected chi connectivity index (χ3v) is 2.55. The van der Waals surface area contributed by atoms with Gasteiger partial charge in [-0.25, -0.2) is 0 Å². The summed E-state index contributed by atoms with van der Waals surface area (Å²) in [5.41, 5.74) is 0.401. The highest BCUT2D eigenvalue weighted by molar-refractivity contribution is 5.97. The second-order valence-corrected chi connectivity index (χ2v) is 4.78. The van der Waals surface area contributed by atoms with Crippen LogP contribution in [0.25, 0.3) is 0 Å². The van der Waals surface area contributed by atoms with Crippen molar-refractivity contribution in [2.24, 2.45) is 11.1 Å². The number of nitrogens with two attached hydrogens (primary N) is 1. The fraction of sp³-hybridized carbons (Fsp3) is 0.700. The molecular weight excluding hydrogens is 223 g/mol. The summed E-state index contributed by atoms with van der Waals surface area (Å²) in [4.78, 5) is 11.5. The lowest BCUT2D eigenvalue weighted by Gasteiger charge is -2.34. The molecular formula is C10H16F3NO2. The summed E-state index contributed by atoms with van der Waals surface area (Å²) in [5, 5.41) is 9.82. The Morgan fingerprint density at radius 3 is 1.81 bits per heavy atom. The van der Waals surface area contributed by atoms with Gasteiger partial charge in [-0.15, -0.1) is 0 Å². The molecule has 0 aliphatic heterocycles. The zero-order chi connectivity index (χ0) is 13.4. The van der Waals surface area contributed by atoms with E-state index >= 15 is 0 Å². The third-order valence-electron chi connectivity index (χ3n) is 2.55. The molecule has 0 aromatic rings. The molecule has 0 aliphatic rings. The van der Waals surface area contributed by atoms with Crippen molar-refractivity contribution in [3.8, 4) is 0 Å². The predicted octanol–water partition coefficient (Wildman–Crippen LogP) is 1.76. The lowest BCUT2D eigenvalue weighted by Crippen LogP contribution is -2.47. The van der Waals surface area contributed by atoms with E-state index in [1.54, 1.807) is 20.8 Å². The molecule has 0 saturated heterocycles. The van der Waals surface area contributed by atoms with E-state index in [9.17, 15) is 23.1 Å². The third kappa shape index (κ3) is 3.23. The van der Waals surface area contributed by atoms with Crippen LogP contribution >= 0.6 is 0 Å². The molecule has 0 bridgehead atoms. The lowest BCUT2D eigenvalue weighted by atomic mass is 9.75. The first-order valence-electron chi connectivity index (χ1n) is 4.61. The van der Waals surface area contributed by atoms with Gasteiger partial charge in [-0.2, -0.15) is 13.2 Å². The monoisotopic (exact) mass is 239 g/mol. The average Bonchev–Trinajstić information content (AvgIpc) is 1.99. The maximum Gasteiger partial charge on any atom is 0.430 e. The fourth-order valence-electron chi connectivity index (χ4n) is 0.733. The van der Waals surface area contributed by atoms with E-state index in [1.807, 2.05) is 0 Å². The molecule has 0 fully saturated rings. The van der Waals surface area contributed by atoms with Crippen molar-refractivity contribution in [3.05, 3.63) is 11.8 Å². The highest BCUT2D eigenvalue weighted by Gasteiger charge is 2.42. The second kappa shape index (κ2) is 4.08. The van der Waals surface area contributed by atoms with Crippen molar-refractivity contribution in [2.45, 2.75) is 39.5 Å². The minimum absolute atomic E-state index is 0.227. The number of carbonyl (C=O) groups excluding carboxylic acids is 1. The van der Waals surface area contributed by atoms with Gasteiger partial charge in [0.2, 0.25) is 0 Å². The molecule has 16 heavy (non-hydrogen) atoms. The molecule has 1 unspecified atom stereocenters. The summed E-state index contributed by atoms with van der Waals surface area (Å²) in [6.45, 7) is 5.79. The predicted molar refractivity (Wildman–Crippen MR) is 53.4 cm³/mol. The van der Waals surface area contributed by atoms with Crippen molar-refractivity contribution in [1.29, 1.82) is 0 Å². The zero-order valence-electron chi connectivity index (χ0n) is 9.64. The standard InChI is InChI=1S/C10H16F3NO2/c1-8(2,3)9(4,16)7(15)5-6(14)10(11,12)13/h5,16H,14H2,1-4H3/b6-5-. The first kappa shape index (κ1) is 15.0. The van der Waals surface area contributed by atoms with Crippen LogP contribution in [0.3, 0.4) is 0 Å². The van der Waals surface area contributed by atoms with Gasteiger partial charge in [0.05, 0.1) is 0 Å². The number of rotatable bonds is 2. The van der Waals surface area contributed by atoms with Crippen molar-refractivity contribution in [3.63, 3.8) is 0 Å². The van der Waals surface area contributed by atoms with Crippen LogP contribution in [0.15, 0.2) is 11.8 Å². The summed E-state index contributed by atoms with van der Waals surface area (Å²) in [6, 6.07) is 0. The van der Waals surface area contributed by atoms with Gasteiger partial charge in [-0.1, -0.05) is 20.8 Å². The number of allylic oxidation sites excluding steroid dienone is 1. The Hall–Kier alpha value is -1.04. The minimum atomic E-state index is -4.76. The van der Waals surface area contributed by atoms with Gasteiger partial charge in [-0.05, 0) is 12.3 Å². The highest BCUT2D eigenvalue weighted by atomic mass is 19.4. The number of aliphatic hydroxyl groups is 1. The van der Waals surface area contributed by atoms with E-state index in [2.05, 4.69) is 0 Å². The Morgan fingerprint density at radius 1 is 1.19 bits per heavy atom. The number of alkyl halides is 3. The van der Waals surface area contributed by atoms with Gasteiger partial charge in [0.15, 0.2) is 5.78 Å². The molecule has 6 heteroatoms. The quantitative estimate of drug-likeness (QED) is 0.722. The first-order chi connectivity index (χ1) is 6.80. The van der Waals surface area contributed by atoms with Crippen LogP contribution in [-0.2, 0) is 4.79 Å². The molecule has 94 valence electrons. The van der Waals surface area contributed by atoms with Gasteiger partial charge >= 0.3 is 6.18 Å². The van der Waals surface area contributed by atoms with E-state index in [0.717, 1.165) is 6.92 Å². The maximum absolute atomic E-state index is 12.1. The Balaban J connectivity index is 5.13. The minimum Gasteiger partial charge on any atom is -0.395 e. The Kier molecular flexibility index (Phi) is 3.82. The van der Waals surface area contributed by atoms with E-state index in [-0.39, 0.29) is 6.08 Å². The Labute approximate surface area is 92.1 Å². The van der Waals surface area contributed by atoms with E-state index in [0.29, 0.717) is 0 Å². The number of hydrogen-bond acceptors (Lipinski definition) is 3. The molecule has 0 rings (SSSR count). The van der Waals surface area contributed by atoms with Gasteiger partial charge < -0.3 is 10.8 Å². The molecule has 0 radical (unpaired) electrons. The van der Waals surface area contributed by atoms with Crippen molar-refractivity contribution >= 4 is 5.78 Å². The van der Waals surface area contributed by atoms with E-state index in [4.69, 9.17) is 5.73 Å². The van der Waals surface area contributed by atoms with Crippen LogP contribution in [0.2, 0.25) is 0 Å². The topological polar surface area (TPSA) is 63.3 Å². The molecule has 0 aliphatic carbocycles. The number of hydrogen-bond donors (Lipinski definition) is 2. The number of carbonyl (C=O) groups is 1. The Morgan fingerprint density at radius 2 is 1.56 bits per heavy atom. The summed E-state index contributed by atoms with van der Waals surface area (Å²) in [5.74, 6) is -1.06. The fourth-order valence-corrected chi connectivity index (χ4v) is 0.733. The number of halogens is 3. The summed E-state index contributed by atoms with van der Waals surface area (Å²) < 4.78 is 36.2. The molecule has 0 heterocycles. The van der Waals surface area contributed by atoms with Crippen LogP contribution in [0, 0.1) is 5.41 Å². The van der Waals surface area contributed by atoms with Crippen LogP contribution in [0.5, 0.6) is 0 Å². The smallest absolute Gasteiger partial charge is 0.395 e. The summed E-state index contributed by atoms with van der Waals surface area (Å²) >= 11 is 0. The molecule has 3 N–H and O–H groups in total. The van der Waals surface area contributed by atoms with Crippen LogP contribution in [-0.4, -0.2) is 22.7 Å². The largest absolute Gasteiger partial charge is 0.430 e. The number of ketones is 1. The molecule has 0 amide bonds. The summed E-state index contributed by atoms with van der Waals surface area (Å²) in [6.07, 6.45) is -4.53. The molecule has 0 aromatic carbocycles. The molecule has 0 aromatic heterocycles. The maximum atomic E-state index is 12.1. The van der Waals surface area contributed by atoms with Crippen molar-refractivity contribution in [2.75, 3.05) is 0 Å². The molecule has 1 atom stereocenters. The second-order valence-electron chi connectivity index (χ2n) is 4.78. The van der Waals surface area contributed by atoms with Crippen molar-refractivity contribution in [1.82, 2.24) is 0 Å². The molecule has 0 saturated carbocycles. The first-order valence-corrected chi connectivity index (χ1v) is 4.61. The molecule has 0 spiro atoms. The lowest BCUT2D eigenvalue weighted by molar-refractivity contribution is -0.142. The Bertz CT molecular complexity index is 311. The van der Waals surface area contributed by atoms with Crippen LogP contribution in [0.1, 0.15) is 27.7 Å². The zero-order valence-corrected chi connectivity index (χ0v) is 9.64. The molecule has 3 nitrogen and oxygen atoms in total. The van der Waals surface area contributed by atoms with Crippen LogP contribution < -0.4 is 5.73 Å².